The number of aliphatic hydroxyl groups is 1. The second kappa shape index (κ2) is 13.4. The van der Waals surface area contributed by atoms with Crippen LogP contribution in [-0.2, 0) is 25.6 Å². The molecule has 1 unspecified atom stereocenters. The number of carbonyl (C=O) groups is 2. The fourth-order valence-electron chi connectivity index (χ4n) is 5.29. The van der Waals surface area contributed by atoms with Gasteiger partial charge in [-0.3, -0.25) is 0 Å². The minimum atomic E-state index is -0.668. The SMILES string of the molecule is CCCCC[C@H](OCc1ccccc1)[C@@H]1OC(=O)N2[C@@H](CC(=O)OC)C[C@@H](O)C([Se]c3ccccc3)[C@H]12. The van der Waals surface area contributed by atoms with Gasteiger partial charge in [0.2, 0.25) is 0 Å². The average molecular weight is 575 g/mol. The first-order valence-electron chi connectivity index (χ1n) is 13.1. The Morgan fingerprint density at radius 3 is 2.51 bits per heavy atom. The standard InChI is InChI=1S/C29H37NO6Se/c1-3-4-7-16-24(35-19-20-12-8-5-9-13-20)27-26-28(37-22-14-10-6-11-15-22)23(31)17-21(18-25(32)34-2)30(26)29(33)36-27/h5-6,8-15,21,23-24,26-28,31H,3-4,7,16-19H2,1-2H3/t21-,23-,24+,26+,27+,28?/m1/s1. The molecule has 2 aliphatic rings. The van der Waals surface area contributed by atoms with Crippen molar-refractivity contribution in [2.24, 2.45) is 0 Å². The number of unbranched alkanes of at least 4 members (excludes halogenated alkanes) is 2. The van der Waals surface area contributed by atoms with Gasteiger partial charge in [-0.2, -0.15) is 0 Å². The number of cyclic esters (lactones) is 1. The molecule has 2 heterocycles. The first-order valence-corrected chi connectivity index (χ1v) is 15.0. The number of nitrogens with zero attached hydrogens (tertiary/aromatic N) is 1. The van der Waals surface area contributed by atoms with E-state index in [9.17, 15) is 14.7 Å². The molecule has 2 fully saturated rings. The number of carbonyl (C=O) groups excluding carboxylic acids is 2. The van der Waals surface area contributed by atoms with E-state index < -0.39 is 30.3 Å². The van der Waals surface area contributed by atoms with Crippen molar-refractivity contribution in [3.05, 3.63) is 66.2 Å². The molecule has 200 valence electrons. The molecule has 6 atom stereocenters. The van der Waals surface area contributed by atoms with Crippen LogP contribution in [0.3, 0.4) is 0 Å². The fourth-order valence-corrected chi connectivity index (χ4v) is 8.07. The maximum atomic E-state index is 13.3. The Labute approximate surface area is 225 Å². The van der Waals surface area contributed by atoms with Gasteiger partial charge in [-0.15, -0.1) is 0 Å². The van der Waals surface area contributed by atoms with Crippen molar-refractivity contribution >= 4 is 31.5 Å². The molecule has 2 aliphatic heterocycles. The zero-order valence-electron chi connectivity index (χ0n) is 21.5. The summed E-state index contributed by atoms with van der Waals surface area (Å²) in [5.41, 5.74) is 1.06. The summed E-state index contributed by atoms with van der Waals surface area (Å²) in [6, 6.07) is 19.2. The molecule has 2 aromatic rings. The normalized spacial score (nSPS) is 25.9. The van der Waals surface area contributed by atoms with Crippen molar-refractivity contribution in [2.45, 2.75) is 87.3 Å². The van der Waals surface area contributed by atoms with E-state index >= 15 is 0 Å². The van der Waals surface area contributed by atoms with Crippen molar-refractivity contribution in [1.82, 2.24) is 4.90 Å². The zero-order valence-corrected chi connectivity index (χ0v) is 23.2. The van der Waals surface area contributed by atoms with Crippen LogP contribution in [0.2, 0.25) is 4.82 Å². The number of methoxy groups -OCH3 is 1. The molecule has 7 nitrogen and oxygen atoms in total. The van der Waals surface area contributed by atoms with Crippen LogP contribution in [0.5, 0.6) is 0 Å². The summed E-state index contributed by atoms with van der Waals surface area (Å²) in [6.45, 7) is 2.57. The summed E-state index contributed by atoms with van der Waals surface area (Å²) >= 11 is -0.112. The van der Waals surface area contributed by atoms with Crippen molar-refractivity contribution in [3.8, 4) is 0 Å². The molecule has 0 aliphatic carbocycles. The number of piperidine rings is 1. The predicted octanol–water partition coefficient (Wildman–Crippen LogP) is 3.86. The van der Waals surface area contributed by atoms with Gasteiger partial charge in [0.1, 0.15) is 0 Å². The number of amides is 1. The van der Waals surface area contributed by atoms with Crippen molar-refractivity contribution in [3.63, 3.8) is 0 Å². The topological polar surface area (TPSA) is 85.3 Å². The number of aliphatic hydroxyl groups excluding tert-OH is 1. The van der Waals surface area contributed by atoms with Crippen molar-refractivity contribution in [1.29, 1.82) is 0 Å². The van der Waals surface area contributed by atoms with Crippen LogP contribution >= 0.6 is 0 Å². The Morgan fingerprint density at radius 1 is 1.14 bits per heavy atom. The Hall–Kier alpha value is -2.38. The monoisotopic (exact) mass is 575 g/mol. The average Bonchev–Trinajstić information content (AvgIpc) is 3.26. The Balaban J connectivity index is 1.63. The molecular formula is C29H37NO6Se. The summed E-state index contributed by atoms with van der Waals surface area (Å²) in [5.74, 6) is -0.404. The summed E-state index contributed by atoms with van der Waals surface area (Å²) in [7, 11) is 1.34. The van der Waals surface area contributed by atoms with Gasteiger partial charge in [0.25, 0.3) is 0 Å². The predicted molar refractivity (Wildman–Crippen MR) is 142 cm³/mol. The number of ether oxygens (including phenoxy) is 3. The molecule has 0 bridgehead atoms. The van der Waals surface area contributed by atoms with E-state index in [1.54, 1.807) is 4.90 Å². The van der Waals surface area contributed by atoms with Crippen LogP contribution in [0.25, 0.3) is 0 Å². The van der Waals surface area contributed by atoms with E-state index in [1.807, 2.05) is 48.5 Å². The molecule has 1 amide bonds. The number of benzene rings is 2. The van der Waals surface area contributed by atoms with Gasteiger partial charge >= 0.3 is 226 Å². The number of rotatable bonds is 12. The van der Waals surface area contributed by atoms with E-state index in [4.69, 9.17) is 14.2 Å². The van der Waals surface area contributed by atoms with Gasteiger partial charge in [0, 0.05) is 0 Å². The second-order valence-electron chi connectivity index (χ2n) is 9.71. The molecule has 8 heteroatoms. The van der Waals surface area contributed by atoms with E-state index in [1.165, 1.54) is 7.11 Å². The van der Waals surface area contributed by atoms with Crippen LogP contribution in [0.1, 0.15) is 51.0 Å². The van der Waals surface area contributed by atoms with Crippen LogP contribution in [0.4, 0.5) is 4.79 Å². The molecule has 0 spiro atoms. The van der Waals surface area contributed by atoms with Gasteiger partial charge in [0.15, 0.2) is 0 Å². The molecule has 2 aromatic carbocycles. The molecule has 0 saturated carbocycles. The summed E-state index contributed by atoms with van der Waals surface area (Å²) < 4.78 is 18.6. The van der Waals surface area contributed by atoms with Gasteiger partial charge < -0.3 is 0 Å². The van der Waals surface area contributed by atoms with Crippen LogP contribution in [0, 0.1) is 0 Å². The van der Waals surface area contributed by atoms with E-state index in [2.05, 4.69) is 19.1 Å². The number of esters is 1. The summed E-state index contributed by atoms with van der Waals surface area (Å²) in [4.78, 5) is 27.1. The quantitative estimate of drug-likeness (QED) is 0.236. The van der Waals surface area contributed by atoms with Gasteiger partial charge in [-0.1, -0.05) is 0 Å². The molecule has 2 saturated heterocycles. The molecular weight excluding hydrogens is 537 g/mol. The fraction of sp³-hybridized carbons (Fsp3) is 0.517. The molecule has 1 N–H and O–H groups in total. The van der Waals surface area contributed by atoms with Gasteiger partial charge in [-0.25, -0.2) is 0 Å². The summed E-state index contributed by atoms with van der Waals surface area (Å²) in [6.07, 6.45) is 2.25. The van der Waals surface area contributed by atoms with Crippen molar-refractivity contribution in [2.75, 3.05) is 7.11 Å². The second-order valence-corrected chi connectivity index (χ2v) is 12.3. The zero-order chi connectivity index (χ0) is 26.2. The third-order valence-corrected chi connectivity index (χ3v) is 10.1. The van der Waals surface area contributed by atoms with Crippen LogP contribution < -0.4 is 4.46 Å². The number of hydrogen-bond acceptors (Lipinski definition) is 6. The van der Waals surface area contributed by atoms with E-state index in [0.717, 1.165) is 35.7 Å². The maximum absolute atomic E-state index is 13.3. The Morgan fingerprint density at radius 2 is 1.84 bits per heavy atom. The summed E-state index contributed by atoms with van der Waals surface area (Å²) in [5, 5.41) is 11.4. The minimum absolute atomic E-state index is 0.0301. The first-order chi connectivity index (χ1) is 18.0. The van der Waals surface area contributed by atoms with Gasteiger partial charge in [0.05, 0.1) is 0 Å². The van der Waals surface area contributed by atoms with Crippen LogP contribution in [0.15, 0.2) is 60.7 Å². The molecule has 37 heavy (non-hydrogen) atoms. The molecule has 4 rings (SSSR count). The first kappa shape index (κ1) is 27.6. The van der Waals surface area contributed by atoms with E-state index in [0.29, 0.717) is 13.0 Å². The molecule has 0 aromatic heterocycles. The van der Waals surface area contributed by atoms with Gasteiger partial charge in [-0.05, 0) is 0 Å². The van der Waals surface area contributed by atoms with Crippen LogP contribution in [-0.4, -0.2) is 74.5 Å². The molecule has 0 radical (unpaired) electrons. The Kier molecular flexibility index (Phi) is 10.0. The number of hydrogen-bond donors (Lipinski definition) is 1. The van der Waals surface area contributed by atoms with Crippen molar-refractivity contribution < 1.29 is 28.9 Å². The Bertz CT molecular complexity index is 1010. The third-order valence-electron chi connectivity index (χ3n) is 7.14. The number of fused-ring (bicyclic) bond motifs is 1. The third kappa shape index (κ3) is 6.93. The van der Waals surface area contributed by atoms with E-state index in [-0.39, 0.29) is 38.3 Å².